The van der Waals surface area contributed by atoms with Crippen LogP contribution in [0.5, 0.6) is 5.75 Å². The number of hydrogen-bond acceptors (Lipinski definition) is 3. The number of carbonyl (C=O) groups is 2. The highest BCUT2D eigenvalue weighted by molar-refractivity contribution is 6.30. The van der Waals surface area contributed by atoms with Crippen LogP contribution >= 0.6 is 11.6 Å². The molecule has 2 N–H and O–H groups in total. The van der Waals surface area contributed by atoms with Gasteiger partial charge in [-0.1, -0.05) is 25.4 Å². The fraction of sp³-hybridized carbons (Fsp3) is 0.579. The molecule has 1 aromatic carbocycles. The van der Waals surface area contributed by atoms with Crippen molar-refractivity contribution in [1.29, 1.82) is 0 Å². The minimum Gasteiger partial charge on any atom is -0.496 e. The molecule has 0 saturated carbocycles. The number of nitrogens with zero attached hydrogens (tertiary/aromatic N) is 1. The van der Waals surface area contributed by atoms with Crippen LogP contribution in [0.4, 0.5) is 4.79 Å². The third-order valence-corrected chi connectivity index (χ3v) is 4.94. The summed E-state index contributed by atoms with van der Waals surface area (Å²) in [6.07, 6.45) is 1.71. The van der Waals surface area contributed by atoms with E-state index in [0.29, 0.717) is 42.6 Å². The largest absolute Gasteiger partial charge is 0.496 e. The van der Waals surface area contributed by atoms with Crippen molar-refractivity contribution >= 4 is 23.6 Å². The van der Waals surface area contributed by atoms with E-state index < -0.39 is 5.97 Å². The summed E-state index contributed by atoms with van der Waals surface area (Å²) in [7, 11) is 1.59. The molecule has 6 nitrogen and oxygen atoms in total. The monoisotopic (exact) mass is 382 g/mol. The smallest absolute Gasteiger partial charge is 0.317 e. The normalized spacial score (nSPS) is 16.4. The van der Waals surface area contributed by atoms with E-state index in [9.17, 15) is 9.59 Å². The second-order valence-corrected chi connectivity index (χ2v) is 7.55. The summed E-state index contributed by atoms with van der Waals surface area (Å²) in [6, 6.07) is 4.98. The van der Waals surface area contributed by atoms with Crippen LogP contribution < -0.4 is 10.1 Å². The number of carboxylic acids is 1. The van der Waals surface area contributed by atoms with Gasteiger partial charge in [-0.15, -0.1) is 0 Å². The zero-order chi connectivity index (χ0) is 19.3. The molecule has 2 rings (SSSR count). The van der Waals surface area contributed by atoms with Gasteiger partial charge in [0.2, 0.25) is 0 Å². The third-order valence-electron chi connectivity index (χ3n) is 4.70. The van der Waals surface area contributed by atoms with E-state index in [-0.39, 0.29) is 18.0 Å². The summed E-state index contributed by atoms with van der Waals surface area (Å²) in [5.74, 6) is -0.100. The molecule has 0 radical (unpaired) electrons. The maximum atomic E-state index is 12.7. The number of carboxylic acid groups (broad SMARTS) is 1. The Kier molecular flexibility index (Phi) is 7.14. The second kappa shape index (κ2) is 9.12. The summed E-state index contributed by atoms with van der Waals surface area (Å²) < 4.78 is 5.44. The molecular weight excluding hydrogens is 356 g/mol. The van der Waals surface area contributed by atoms with Gasteiger partial charge in [-0.25, -0.2) is 4.79 Å². The molecule has 7 heteroatoms. The summed E-state index contributed by atoms with van der Waals surface area (Å²) in [6.45, 7) is 5.08. The SMILES string of the molecule is COc1ccc(Cl)cc1C(CC(C)C)NC(=O)N1CCC(C(=O)O)CC1. The van der Waals surface area contributed by atoms with Crippen LogP contribution in [0.25, 0.3) is 0 Å². The Morgan fingerprint density at radius 1 is 1.35 bits per heavy atom. The molecule has 1 fully saturated rings. The first kappa shape index (κ1) is 20.4. The molecule has 0 spiro atoms. The quantitative estimate of drug-likeness (QED) is 0.780. The van der Waals surface area contributed by atoms with E-state index in [2.05, 4.69) is 19.2 Å². The summed E-state index contributed by atoms with van der Waals surface area (Å²) in [5, 5.41) is 12.8. The number of rotatable bonds is 6. The van der Waals surface area contributed by atoms with Crippen molar-refractivity contribution in [3.05, 3.63) is 28.8 Å². The lowest BCUT2D eigenvalue weighted by atomic mass is 9.95. The van der Waals surface area contributed by atoms with E-state index in [1.807, 2.05) is 6.07 Å². The molecule has 1 aromatic rings. The van der Waals surface area contributed by atoms with Gasteiger partial charge in [0.25, 0.3) is 0 Å². The number of ether oxygens (including phenoxy) is 1. The van der Waals surface area contributed by atoms with E-state index >= 15 is 0 Å². The van der Waals surface area contributed by atoms with Gasteiger partial charge in [0, 0.05) is 23.7 Å². The Bertz CT molecular complexity index is 642. The molecule has 1 aliphatic heterocycles. The van der Waals surface area contributed by atoms with Crippen LogP contribution in [0.2, 0.25) is 5.02 Å². The van der Waals surface area contributed by atoms with Gasteiger partial charge in [-0.2, -0.15) is 0 Å². The molecule has 2 amide bonds. The van der Waals surface area contributed by atoms with Crippen molar-refractivity contribution in [1.82, 2.24) is 10.2 Å². The highest BCUT2D eigenvalue weighted by atomic mass is 35.5. The van der Waals surface area contributed by atoms with E-state index in [4.69, 9.17) is 21.4 Å². The highest BCUT2D eigenvalue weighted by Gasteiger charge is 2.29. The maximum absolute atomic E-state index is 12.7. The number of hydrogen-bond donors (Lipinski definition) is 2. The summed E-state index contributed by atoms with van der Waals surface area (Å²) >= 11 is 6.15. The Morgan fingerprint density at radius 3 is 2.54 bits per heavy atom. The average Bonchev–Trinajstić information content (AvgIpc) is 2.60. The first-order chi connectivity index (χ1) is 12.3. The number of methoxy groups -OCH3 is 1. The molecular formula is C19H27ClN2O4. The maximum Gasteiger partial charge on any atom is 0.317 e. The molecule has 144 valence electrons. The minimum atomic E-state index is -0.786. The number of aliphatic carboxylic acids is 1. The number of amides is 2. The second-order valence-electron chi connectivity index (χ2n) is 7.12. The summed E-state index contributed by atoms with van der Waals surface area (Å²) in [5.41, 5.74) is 0.850. The predicted molar refractivity (Wildman–Crippen MR) is 101 cm³/mol. The van der Waals surface area contributed by atoms with Crippen LogP contribution in [0.3, 0.4) is 0 Å². The van der Waals surface area contributed by atoms with Crippen LogP contribution in [0.15, 0.2) is 18.2 Å². The lowest BCUT2D eigenvalue weighted by Gasteiger charge is -2.32. The number of likely N-dealkylation sites (tertiary alicyclic amines) is 1. The van der Waals surface area contributed by atoms with Crippen molar-refractivity contribution in [2.24, 2.45) is 11.8 Å². The van der Waals surface area contributed by atoms with E-state index in [1.165, 1.54) is 0 Å². The Hall–Kier alpha value is -1.95. The van der Waals surface area contributed by atoms with Crippen molar-refractivity contribution < 1.29 is 19.4 Å². The zero-order valence-electron chi connectivity index (χ0n) is 15.5. The van der Waals surface area contributed by atoms with Crippen LogP contribution in [-0.4, -0.2) is 42.2 Å². The Labute approximate surface area is 159 Å². The van der Waals surface area contributed by atoms with Crippen molar-refractivity contribution in [3.63, 3.8) is 0 Å². The molecule has 1 unspecified atom stereocenters. The number of nitrogens with one attached hydrogen (secondary N) is 1. The molecule has 0 aliphatic carbocycles. The fourth-order valence-corrected chi connectivity index (χ4v) is 3.46. The number of urea groups is 1. The lowest BCUT2D eigenvalue weighted by molar-refractivity contribution is -0.143. The minimum absolute atomic E-state index is 0.179. The van der Waals surface area contributed by atoms with Gasteiger partial charge >= 0.3 is 12.0 Å². The first-order valence-electron chi connectivity index (χ1n) is 8.93. The predicted octanol–water partition coefficient (Wildman–Crippen LogP) is 3.94. The molecule has 1 heterocycles. The average molecular weight is 383 g/mol. The van der Waals surface area contributed by atoms with Gasteiger partial charge in [0.1, 0.15) is 5.75 Å². The van der Waals surface area contributed by atoms with Gasteiger partial charge in [0.05, 0.1) is 19.1 Å². The molecule has 0 bridgehead atoms. The topological polar surface area (TPSA) is 78.9 Å². The van der Waals surface area contributed by atoms with E-state index in [0.717, 1.165) is 12.0 Å². The molecule has 1 saturated heterocycles. The molecule has 26 heavy (non-hydrogen) atoms. The van der Waals surface area contributed by atoms with Crippen molar-refractivity contribution in [3.8, 4) is 5.75 Å². The van der Waals surface area contributed by atoms with Gasteiger partial charge in [0.15, 0.2) is 0 Å². The van der Waals surface area contributed by atoms with Gasteiger partial charge < -0.3 is 20.1 Å². The van der Waals surface area contributed by atoms with Gasteiger partial charge in [-0.3, -0.25) is 4.79 Å². The molecule has 0 aromatic heterocycles. The third kappa shape index (κ3) is 5.27. The number of halogens is 1. The van der Waals surface area contributed by atoms with Crippen LogP contribution in [0.1, 0.15) is 44.7 Å². The van der Waals surface area contributed by atoms with Gasteiger partial charge in [-0.05, 0) is 43.4 Å². The number of carbonyl (C=O) groups excluding carboxylic acids is 1. The number of piperidine rings is 1. The molecule has 1 atom stereocenters. The Balaban J connectivity index is 2.12. The van der Waals surface area contributed by atoms with Crippen molar-refractivity contribution in [2.45, 2.75) is 39.2 Å². The molecule has 1 aliphatic rings. The van der Waals surface area contributed by atoms with E-state index in [1.54, 1.807) is 24.1 Å². The first-order valence-corrected chi connectivity index (χ1v) is 9.31. The van der Waals surface area contributed by atoms with Crippen LogP contribution in [-0.2, 0) is 4.79 Å². The standard InChI is InChI=1S/C19H27ClN2O4/c1-12(2)10-16(15-11-14(20)4-5-17(15)26-3)21-19(25)22-8-6-13(7-9-22)18(23)24/h4-5,11-13,16H,6-10H2,1-3H3,(H,21,25)(H,23,24). The fourth-order valence-electron chi connectivity index (χ4n) is 3.28. The lowest BCUT2D eigenvalue weighted by Crippen LogP contribution is -2.46. The number of benzene rings is 1. The highest BCUT2D eigenvalue weighted by Crippen LogP contribution is 2.32. The zero-order valence-corrected chi connectivity index (χ0v) is 16.3. The summed E-state index contributed by atoms with van der Waals surface area (Å²) in [4.78, 5) is 25.5. The Morgan fingerprint density at radius 2 is 2.00 bits per heavy atom. The van der Waals surface area contributed by atoms with Crippen LogP contribution in [0, 0.1) is 11.8 Å². The van der Waals surface area contributed by atoms with Crippen molar-refractivity contribution in [2.75, 3.05) is 20.2 Å².